The molecule has 5 heterocycles. The summed E-state index contributed by atoms with van der Waals surface area (Å²) in [7, 11) is -2.29. The van der Waals surface area contributed by atoms with Crippen LogP contribution in [0.1, 0.15) is 12.7 Å². The normalized spacial score (nSPS) is 11.4. The first-order valence-corrected chi connectivity index (χ1v) is 46.4. The van der Waals surface area contributed by atoms with Crippen LogP contribution in [-0.4, -0.2) is 47.8 Å². The lowest BCUT2D eigenvalue weighted by molar-refractivity contribution is 0.588. The van der Waals surface area contributed by atoms with E-state index < -0.39 is 7.14 Å². The zero-order valence-electron chi connectivity index (χ0n) is 71.5. The van der Waals surface area contributed by atoms with Gasteiger partial charge in [0, 0.05) is 105 Å². The number of imidazole rings is 1. The first-order chi connectivity index (χ1) is 63.6. The van der Waals surface area contributed by atoms with E-state index >= 15 is 0 Å². The van der Waals surface area contributed by atoms with Crippen molar-refractivity contribution in [3.63, 3.8) is 0 Å². The molecule has 0 amide bonds. The van der Waals surface area contributed by atoms with Crippen molar-refractivity contribution in [1.29, 1.82) is 0 Å². The Balaban J connectivity index is 0.000000119. The molecule has 0 unspecified atom stereocenters. The molecule has 5 aromatic heterocycles. The third-order valence-electron chi connectivity index (χ3n) is 24.4. The van der Waals surface area contributed by atoms with E-state index in [-0.39, 0.29) is 0 Å². The van der Waals surface area contributed by atoms with Crippen LogP contribution in [0.3, 0.4) is 0 Å². The van der Waals surface area contributed by atoms with Gasteiger partial charge in [0.05, 0.1) is 56.1 Å². The van der Waals surface area contributed by atoms with Gasteiger partial charge in [0.1, 0.15) is 13.0 Å². The Morgan fingerprint density at radius 3 is 0.891 bits per heavy atom. The van der Waals surface area contributed by atoms with Crippen molar-refractivity contribution in [2.24, 2.45) is 0 Å². The molecule has 18 aromatic carbocycles. The number of aryl methyl sites for hydroxylation is 1. The van der Waals surface area contributed by atoms with Gasteiger partial charge in [-0.05, 0) is 135 Å². The molecule has 9 heteroatoms. The van der Waals surface area contributed by atoms with E-state index in [0.717, 1.165) is 167 Å². The molecule has 23 aromatic rings. The number of nitrogens with zero attached hydrogens (tertiary/aromatic N) is 7. The number of fused-ring (bicyclic) bond motifs is 10. The smallest absolute Gasteiger partial charge is 0.160 e. The van der Waals surface area contributed by atoms with Crippen LogP contribution in [0.15, 0.2) is 455 Å². The molecule has 0 radical (unpaired) electrons. The van der Waals surface area contributed by atoms with E-state index in [1.54, 1.807) is 0 Å². The van der Waals surface area contributed by atoms with Crippen molar-refractivity contribution in [3.8, 4) is 140 Å². The maximum Gasteiger partial charge on any atom is 0.160 e. The molecular weight excluding hydrogens is 1590 g/mol. The molecule has 8 nitrogen and oxygen atoms in total. The second kappa shape index (κ2) is 35.1. The third-order valence-corrected chi connectivity index (χ3v) is 25.9. The Labute approximate surface area is 750 Å². The van der Waals surface area contributed by atoms with E-state index in [2.05, 4.69) is 406 Å². The zero-order chi connectivity index (χ0) is 86.7. The highest BCUT2D eigenvalue weighted by Crippen LogP contribution is 2.47. The molecule has 0 aliphatic carbocycles. The summed E-state index contributed by atoms with van der Waals surface area (Å²) in [5.74, 6) is 1.76. The van der Waals surface area contributed by atoms with Gasteiger partial charge in [0.2, 0.25) is 0 Å². The number of aromatic nitrogens is 7. The minimum Gasteiger partial charge on any atom is -0.319 e. The molecule has 23 rings (SSSR count). The Kier molecular flexibility index (Phi) is 21.7. The summed E-state index contributed by atoms with van der Waals surface area (Å²) < 4.78 is 14.8. The molecule has 0 spiro atoms. The van der Waals surface area contributed by atoms with Gasteiger partial charge in [-0.25, -0.2) is 29.9 Å². The van der Waals surface area contributed by atoms with Gasteiger partial charge in [-0.3, -0.25) is 4.57 Å². The maximum absolute atomic E-state index is 12.5. The summed E-state index contributed by atoms with van der Waals surface area (Å²) in [5, 5.41) is 11.3. The Morgan fingerprint density at radius 1 is 0.233 bits per heavy atom. The molecule has 0 bridgehead atoms. The summed E-state index contributed by atoms with van der Waals surface area (Å²) in [5.41, 5.74) is 31.1. The van der Waals surface area contributed by atoms with Gasteiger partial charge in [-0.1, -0.05) is 401 Å². The van der Waals surface area contributed by atoms with Crippen LogP contribution in [0.2, 0.25) is 0 Å². The third kappa shape index (κ3) is 15.8. The van der Waals surface area contributed by atoms with Crippen LogP contribution in [0.25, 0.3) is 216 Å². The predicted octanol–water partition coefficient (Wildman–Crippen LogP) is 31.1. The Morgan fingerprint density at radius 2 is 0.535 bits per heavy atom. The van der Waals surface area contributed by atoms with Crippen molar-refractivity contribution in [2.45, 2.75) is 13.3 Å². The largest absolute Gasteiger partial charge is 0.319 e. The van der Waals surface area contributed by atoms with Crippen LogP contribution >= 0.6 is 7.14 Å². The van der Waals surface area contributed by atoms with Gasteiger partial charge >= 0.3 is 0 Å². The average Bonchev–Trinajstić information content (AvgIpc) is 0.834. The van der Waals surface area contributed by atoms with Gasteiger partial charge in [-0.15, -0.1) is 0 Å². The number of pyridine rings is 3. The molecule has 0 aliphatic heterocycles. The van der Waals surface area contributed by atoms with Gasteiger partial charge in [0.25, 0.3) is 0 Å². The molecule has 0 fully saturated rings. The average molecular weight is 1670 g/mol. The SMILES string of the molecule is CCc1nc2ccccc2n1-c1ccc(-c2ccc3nc(-c4ccccc4)c4cccc(-c5ccccc5)c4c3c2)cc1.CP(C)(=O)c1ccc(-c2ccc3nc(-c4ccccc4)c4cccc(-c5ccccc5)c4c3c2)cc1.c1ccc(-c2nc(-c3ccccc3)c(-c3ccc4nc(-c5ccccc5)c5cccc(-c6ccccc6)c5c4c3)c(-c3ccccc3)n2)cc1. The van der Waals surface area contributed by atoms with Crippen molar-refractivity contribution < 1.29 is 4.57 Å². The second-order valence-corrected chi connectivity index (χ2v) is 36.0. The number of rotatable bonds is 15. The molecule has 612 valence electrons. The van der Waals surface area contributed by atoms with E-state index in [4.69, 9.17) is 29.9 Å². The number of hydrogen-bond donors (Lipinski definition) is 0. The highest BCUT2D eigenvalue weighted by Gasteiger charge is 2.25. The highest BCUT2D eigenvalue weighted by atomic mass is 31.2. The minimum atomic E-state index is -2.29. The summed E-state index contributed by atoms with van der Waals surface area (Å²) in [6.45, 7) is 5.78. The number of hydrogen-bond acceptors (Lipinski definition) is 7. The maximum atomic E-state index is 12.5. The van der Waals surface area contributed by atoms with E-state index in [9.17, 15) is 4.57 Å². The van der Waals surface area contributed by atoms with Gasteiger partial charge in [0.15, 0.2) is 5.82 Å². The number of benzene rings is 18. The number of para-hydroxylation sites is 2. The lowest BCUT2D eigenvalue weighted by atomic mass is 9.90. The molecule has 0 aliphatic rings. The van der Waals surface area contributed by atoms with E-state index in [1.165, 1.54) is 60.7 Å². The lowest BCUT2D eigenvalue weighted by Crippen LogP contribution is -2.01. The van der Waals surface area contributed by atoms with Crippen LogP contribution in [0.4, 0.5) is 0 Å². The van der Waals surface area contributed by atoms with Crippen molar-refractivity contribution >= 4 is 88.5 Å². The quantitative estimate of drug-likeness (QED) is 0.0745. The van der Waals surface area contributed by atoms with E-state index in [1.807, 2.05) is 74.0 Å². The lowest BCUT2D eigenvalue weighted by Gasteiger charge is -2.18. The molecule has 0 saturated carbocycles. The Bertz CT molecular complexity index is 8070. The van der Waals surface area contributed by atoms with E-state index in [0.29, 0.717) is 5.82 Å². The molecule has 129 heavy (non-hydrogen) atoms. The monoisotopic (exact) mass is 1670 g/mol. The van der Waals surface area contributed by atoms with Crippen LogP contribution in [0, 0.1) is 0 Å². The minimum absolute atomic E-state index is 0.693. The Hall–Kier alpha value is -16.3. The summed E-state index contributed by atoms with van der Waals surface area (Å²) >= 11 is 0. The standard InChI is InChI=1S/C47H31N3.C40H29N3.C33H26NOP/c1-6-17-32(18-7-1)38-27-16-28-39-43(38)40-31-37(29-30-41(40)48-44(39)33-19-8-2-9-20-33)42-45(34-21-10-3-11-22-34)49-47(36-25-14-5-15-26-36)50-46(42)35-23-12-4-13-24-35;1-2-38-41-36-18-9-10-19-37(36)43(38)31-23-20-27(21-24-31)30-22-25-35-34(26-30)39-32(28-12-5-3-6-13-28)16-11-17-33(39)40(42-35)29-14-7-4-8-15-29;1-36(2,35)27-19-16-23(17-20-27)26-18-21-31-30(22-26)32-28(24-10-5-3-6-11-24)14-9-15-29(32)33(34-31)25-12-7-4-8-13-25/h1-31H;3-26H,2H2,1H3;3-22H,1-2H3. The van der Waals surface area contributed by atoms with Gasteiger partial charge in [-0.2, -0.15) is 0 Å². The molecular formula is C120H86N7OP. The first kappa shape index (κ1) is 79.9. The fraction of sp³-hybridized carbons (Fsp3) is 0.0333. The molecule has 0 atom stereocenters. The fourth-order valence-corrected chi connectivity index (χ4v) is 19.0. The van der Waals surface area contributed by atoms with Crippen LogP contribution < -0.4 is 5.30 Å². The van der Waals surface area contributed by atoms with Crippen LogP contribution in [-0.2, 0) is 11.0 Å². The van der Waals surface area contributed by atoms with Crippen molar-refractivity contribution in [3.05, 3.63) is 461 Å². The second-order valence-electron chi connectivity index (χ2n) is 32.8. The fourth-order valence-electron chi connectivity index (χ4n) is 18.2. The first-order valence-electron chi connectivity index (χ1n) is 43.8. The molecule has 0 saturated heterocycles. The summed E-state index contributed by atoms with van der Waals surface area (Å²) in [6.07, 6.45) is 0.871. The van der Waals surface area contributed by atoms with Crippen molar-refractivity contribution in [2.75, 3.05) is 13.3 Å². The predicted molar refractivity (Wildman–Crippen MR) is 542 cm³/mol. The summed E-state index contributed by atoms with van der Waals surface area (Å²) in [4.78, 5) is 31.2. The van der Waals surface area contributed by atoms with Crippen molar-refractivity contribution in [1.82, 2.24) is 34.5 Å². The highest BCUT2D eigenvalue weighted by molar-refractivity contribution is 7.70. The molecule has 0 N–H and O–H groups in total. The summed E-state index contributed by atoms with van der Waals surface area (Å²) in [6, 6.07) is 159. The topological polar surface area (TPSA) is 99.3 Å². The van der Waals surface area contributed by atoms with Gasteiger partial charge < -0.3 is 4.57 Å². The van der Waals surface area contributed by atoms with Crippen LogP contribution in [0.5, 0.6) is 0 Å². The zero-order valence-corrected chi connectivity index (χ0v) is 72.4.